The fraction of sp³-hybridized carbons (Fsp3) is 0.350. The largest absolute Gasteiger partial charge is 0.377 e. The summed E-state index contributed by atoms with van der Waals surface area (Å²) >= 11 is 5.95. The van der Waals surface area contributed by atoms with E-state index < -0.39 is 0 Å². The predicted molar refractivity (Wildman–Crippen MR) is 96.0 cm³/mol. The Hall–Kier alpha value is -1.84. The van der Waals surface area contributed by atoms with Crippen LogP contribution >= 0.6 is 11.6 Å². The second-order valence-corrected chi connectivity index (χ2v) is 6.61. The Morgan fingerprint density at radius 1 is 1.12 bits per heavy atom. The number of halogens is 1. The average Bonchev–Trinajstić information content (AvgIpc) is 3.41. The van der Waals surface area contributed by atoms with Gasteiger partial charge in [0.05, 0.1) is 12.0 Å². The standard InChI is InChI=1S/C20H22ClNO2/c1-2-24-14-16-6-4-3-5-15(16)13-22-19(23)20(11-12-20)17-7-9-18(21)10-8-17/h3-10H,2,11-14H2,1H3,(H,22,23). The van der Waals surface area contributed by atoms with Crippen molar-refractivity contribution in [2.75, 3.05) is 6.61 Å². The molecule has 0 aliphatic heterocycles. The molecule has 3 nitrogen and oxygen atoms in total. The first kappa shape index (κ1) is 17.0. The van der Waals surface area contributed by atoms with Crippen LogP contribution in [0.2, 0.25) is 5.02 Å². The zero-order chi connectivity index (χ0) is 17.0. The van der Waals surface area contributed by atoms with Crippen LogP contribution < -0.4 is 5.32 Å². The lowest BCUT2D eigenvalue weighted by atomic mass is 9.95. The van der Waals surface area contributed by atoms with Crippen molar-refractivity contribution in [3.05, 3.63) is 70.2 Å². The maximum atomic E-state index is 12.7. The van der Waals surface area contributed by atoms with E-state index in [0.29, 0.717) is 24.8 Å². The molecule has 2 aromatic carbocycles. The Morgan fingerprint density at radius 3 is 2.42 bits per heavy atom. The van der Waals surface area contributed by atoms with Gasteiger partial charge in [0, 0.05) is 18.2 Å². The maximum absolute atomic E-state index is 12.7. The highest BCUT2D eigenvalue weighted by atomic mass is 35.5. The molecule has 4 heteroatoms. The third-order valence-corrected chi connectivity index (χ3v) is 4.85. The summed E-state index contributed by atoms with van der Waals surface area (Å²) < 4.78 is 5.50. The number of amides is 1. The molecule has 1 aliphatic carbocycles. The minimum absolute atomic E-state index is 0.0936. The van der Waals surface area contributed by atoms with Crippen LogP contribution in [0.25, 0.3) is 0 Å². The molecule has 0 bridgehead atoms. The number of rotatable bonds is 7. The van der Waals surface area contributed by atoms with E-state index in [2.05, 4.69) is 5.32 Å². The van der Waals surface area contributed by atoms with Gasteiger partial charge in [-0.1, -0.05) is 48.0 Å². The molecule has 0 radical (unpaired) electrons. The second-order valence-electron chi connectivity index (χ2n) is 6.18. The van der Waals surface area contributed by atoms with Gasteiger partial charge in [0.15, 0.2) is 0 Å². The number of carbonyl (C=O) groups is 1. The summed E-state index contributed by atoms with van der Waals surface area (Å²) in [5.41, 5.74) is 2.90. The highest BCUT2D eigenvalue weighted by molar-refractivity contribution is 6.30. The molecule has 0 saturated heterocycles. The fourth-order valence-corrected chi connectivity index (χ4v) is 3.09. The summed E-state index contributed by atoms with van der Waals surface area (Å²) in [6.07, 6.45) is 1.78. The van der Waals surface area contributed by atoms with E-state index >= 15 is 0 Å². The molecular formula is C20H22ClNO2. The fourth-order valence-electron chi connectivity index (χ4n) is 2.97. The Kier molecular flexibility index (Phi) is 5.22. The van der Waals surface area contributed by atoms with Crippen molar-refractivity contribution in [2.24, 2.45) is 0 Å². The van der Waals surface area contributed by atoms with Gasteiger partial charge in [0.2, 0.25) is 5.91 Å². The first-order valence-corrected chi connectivity index (χ1v) is 8.72. The number of ether oxygens (including phenoxy) is 1. The zero-order valence-electron chi connectivity index (χ0n) is 13.8. The molecule has 0 aromatic heterocycles. The average molecular weight is 344 g/mol. The maximum Gasteiger partial charge on any atom is 0.230 e. The highest BCUT2D eigenvalue weighted by Gasteiger charge is 2.51. The van der Waals surface area contributed by atoms with Crippen LogP contribution in [-0.4, -0.2) is 12.5 Å². The highest BCUT2D eigenvalue weighted by Crippen LogP contribution is 2.48. The van der Waals surface area contributed by atoms with Crippen LogP contribution in [0.3, 0.4) is 0 Å². The SMILES string of the molecule is CCOCc1ccccc1CNC(=O)C1(c2ccc(Cl)cc2)CC1. The van der Waals surface area contributed by atoms with Gasteiger partial charge >= 0.3 is 0 Å². The Labute approximate surface area is 148 Å². The van der Waals surface area contributed by atoms with Crippen LogP contribution in [0, 0.1) is 0 Å². The van der Waals surface area contributed by atoms with E-state index in [1.807, 2.05) is 55.5 Å². The van der Waals surface area contributed by atoms with Crippen molar-refractivity contribution in [1.82, 2.24) is 5.32 Å². The van der Waals surface area contributed by atoms with Crippen molar-refractivity contribution in [3.8, 4) is 0 Å². The minimum Gasteiger partial charge on any atom is -0.377 e. The molecule has 0 spiro atoms. The lowest BCUT2D eigenvalue weighted by Gasteiger charge is -2.17. The van der Waals surface area contributed by atoms with Crippen molar-refractivity contribution in [1.29, 1.82) is 0 Å². The third-order valence-electron chi connectivity index (χ3n) is 4.60. The van der Waals surface area contributed by atoms with Crippen LogP contribution in [0.15, 0.2) is 48.5 Å². The first-order chi connectivity index (χ1) is 11.7. The van der Waals surface area contributed by atoms with E-state index in [9.17, 15) is 4.79 Å². The zero-order valence-corrected chi connectivity index (χ0v) is 14.6. The summed E-state index contributed by atoms with van der Waals surface area (Å²) in [5.74, 6) is 0.0936. The number of hydrogen-bond donors (Lipinski definition) is 1. The molecule has 1 aliphatic rings. The quantitative estimate of drug-likeness (QED) is 0.817. The van der Waals surface area contributed by atoms with E-state index in [-0.39, 0.29) is 11.3 Å². The molecule has 0 atom stereocenters. The molecule has 3 rings (SSSR count). The van der Waals surface area contributed by atoms with Crippen molar-refractivity contribution in [3.63, 3.8) is 0 Å². The number of carbonyl (C=O) groups excluding carboxylic acids is 1. The first-order valence-electron chi connectivity index (χ1n) is 8.34. The van der Waals surface area contributed by atoms with Crippen molar-refractivity contribution in [2.45, 2.75) is 38.3 Å². The van der Waals surface area contributed by atoms with Crippen LogP contribution in [0.1, 0.15) is 36.5 Å². The van der Waals surface area contributed by atoms with E-state index in [1.54, 1.807) is 0 Å². The molecule has 1 saturated carbocycles. The normalized spacial score (nSPS) is 15.1. The summed E-state index contributed by atoms with van der Waals surface area (Å²) in [4.78, 5) is 12.7. The number of nitrogens with one attached hydrogen (secondary N) is 1. The minimum atomic E-state index is -0.376. The third kappa shape index (κ3) is 3.63. The smallest absolute Gasteiger partial charge is 0.230 e. The molecule has 0 unspecified atom stereocenters. The van der Waals surface area contributed by atoms with E-state index in [1.165, 1.54) is 0 Å². The van der Waals surface area contributed by atoms with Gasteiger partial charge in [-0.05, 0) is 48.6 Å². The van der Waals surface area contributed by atoms with Gasteiger partial charge in [0.25, 0.3) is 0 Å². The van der Waals surface area contributed by atoms with Gasteiger partial charge in [0.1, 0.15) is 0 Å². The molecule has 0 heterocycles. The van der Waals surface area contributed by atoms with Crippen LogP contribution in [0.5, 0.6) is 0 Å². The Morgan fingerprint density at radius 2 is 1.79 bits per heavy atom. The van der Waals surface area contributed by atoms with Crippen LogP contribution in [-0.2, 0) is 28.1 Å². The topological polar surface area (TPSA) is 38.3 Å². The Bertz CT molecular complexity index is 708. The lowest BCUT2D eigenvalue weighted by molar-refractivity contribution is -0.123. The number of benzene rings is 2. The van der Waals surface area contributed by atoms with E-state index in [0.717, 1.165) is 29.5 Å². The summed E-state index contributed by atoms with van der Waals surface area (Å²) in [5, 5.41) is 3.80. The molecular weight excluding hydrogens is 322 g/mol. The van der Waals surface area contributed by atoms with E-state index in [4.69, 9.17) is 16.3 Å². The number of hydrogen-bond acceptors (Lipinski definition) is 2. The van der Waals surface area contributed by atoms with Gasteiger partial charge in [-0.3, -0.25) is 4.79 Å². The van der Waals surface area contributed by atoms with Gasteiger partial charge in [-0.15, -0.1) is 0 Å². The molecule has 126 valence electrons. The molecule has 1 N–H and O–H groups in total. The van der Waals surface area contributed by atoms with Gasteiger partial charge in [-0.2, -0.15) is 0 Å². The monoisotopic (exact) mass is 343 g/mol. The molecule has 1 amide bonds. The van der Waals surface area contributed by atoms with Crippen LogP contribution in [0.4, 0.5) is 0 Å². The molecule has 1 fully saturated rings. The summed E-state index contributed by atoms with van der Waals surface area (Å²) in [7, 11) is 0. The molecule has 24 heavy (non-hydrogen) atoms. The van der Waals surface area contributed by atoms with Crippen molar-refractivity contribution >= 4 is 17.5 Å². The summed E-state index contributed by atoms with van der Waals surface area (Å²) in [6.45, 7) is 3.76. The predicted octanol–water partition coefficient (Wildman–Crippen LogP) is 4.22. The Balaban J connectivity index is 1.67. The molecule has 2 aromatic rings. The van der Waals surface area contributed by atoms with Gasteiger partial charge in [-0.25, -0.2) is 0 Å². The lowest BCUT2D eigenvalue weighted by Crippen LogP contribution is -2.34. The van der Waals surface area contributed by atoms with Gasteiger partial charge < -0.3 is 10.1 Å². The second kappa shape index (κ2) is 7.37. The summed E-state index contributed by atoms with van der Waals surface area (Å²) in [6, 6.07) is 15.7. The van der Waals surface area contributed by atoms with Crippen molar-refractivity contribution < 1.29 is 9.53 Å².